The minimum absolute atomic E-state index is 0.00713. The van der Waals surface area contributed by atoms with Crippen molar-refractivity contribution in [3.63, 3.8) is 0 Å². The summed E-state index contributed by atoms with van der Waals surface area (Å²) in [5.41, 5.74) is 10.3. The molecule has 0 aromatic carbocycles. The highest BCUT2D eigenvalue weighted by Crippen LogP contribution is 2.09. The van der Waals surface area contributed by atoms with E-state index in [1.807, 2.05) is 0 Å². The Morgan fingerprint density at radius 1 is 1.50 bits per heavy atom. The molecule has 80 valence electrons. The molecule has 1 aliphatic rings. The molecular formula is C8H16N4O2. The third-order valence-corrected chi connectivity index (χ3v) is 2.28. The summed E-state index contributed by atoms with van der Waals surface area (Å²) in [6, 6.07) is -0.441. The van der Waals surface area contributed by atoms with Crippen LogP contribution in [0.5, 0.6) is 0 Å². The Morgan fingerprint density at radius 3 is 2.79 bits per heavy atom. The molecule has 0 spiro atoms. The van der Waals surface area contributed by atoms with E-state index in [-0.39, 0.29) is 18.5 Å². The maximum Gasteiger partial charge on any atom is 0.314 e. The number of nitrogens with two attached hydrogens (primary N) is 2. The van der Waals surface area contributed by atoms with E-state index in [2.05, 4.69) is 5.32 Å². The number of hydrogen-bond acceptors (Lipinski definition) is 3. The molecule has 1 unspecified atom stereocenters. The highest BCUT2D eigenvalue weighted by Gasteiger charge is 2.22. The number of hydrogen-bond donors (Lipinski definition) is 3. The molecule has 0 aliphatic carbocycles. The van der Waals surface area contributed by atoms with Crippen LogP contribution < -0.4 is 16.8 Å². The summed E-state index contributed by atoms with van der Waals surface area (Å²) in [6.07, 6.45) is 1.73. The van der Waals surface area contributed by atoms with Gasteiger partial charge in [0.15, 0.2) is 0 Å². The monoisotopic (exact) mass is 200 g/mol. The van der Waals surface area contributed by atoms with Crippen LogP contribution in [0.3, 0.4) is 0 Å². The van der Waals surface area contributed by atoms with Gasteiger partial charge in [0.1, 0.15) is 0 Å². The highest BCUT2D eigenvalue weighted by molar-refractivity contribution is 5.78. The van der Waals surface area contributed by atoms with Crippen molar-refractivity contribution >= 4 is 11.9 Å². The second kappa shape index (κ2) is 4.80. The van der Waals surface area contributed by atoms with Crippen molar-refractivity contribution in [1.82, 2.24) is 10.2 Å². The summed E-state index contributed by atoms with van der Waals surface area (Å²) in [6.45, 7) is 1.14. The first kappa shape index (κ1) is 10.8. The minimum atomic E-state index is -0.434. The van der Waals surface area contributed by atoms with Crippen LogP contribution in [0.25, 0.3) is 0 Å². The van der Waals surface area contributed by atoms with Crippen LogP contribution in [0, 0.1) is 0 Å². The molecule has 0 aromatic rings. The van der Waals surface area contributed by atoms with Crippen molar-refractivity contribution in [2.45, 2.75) is 18.9 Å². The van der Waals surface area contributed by atoms with Crippen LogP contribution in [0.2, 0.25) is 0 Å². The zero-order valence-corrected chi connectivity index (χ0v) is 8.03. The van der Waals surface area contributed by atoms with Crippen molar-refractivity contribution in [3.05, 3.63) is 0 Å². The Bertz CT molecular complexity index is 231. The number of primary amides is 1. The number of nitrogens with one attached hydrogen (secondary N) is 1. The largest absolute Gasteiger partial charge is 0.351 e. The Kier molecular flexibility index (Phi) is 3.70. The fourth-order valence-corrected chi connectivity index (χ4v) is 1.58. The Hall–Kier alpha value is -1.30. The number of piperidine rings is 1. The summed E-state index contributed by atoms with van der Waals surface area (Å²) >= 11 is 0. The summed E-state index contributed by atoms with van der Waals surface area (Å²) in [4.78, 5) is 23.4. The molecule has 1 aliphatic heterocycles. The molecule has 1 atom stereocenters. The second-order valence-electron chi connectivity index (χ2n) is 3.40. The fraction of sp³-hybridized carbons (Fsp3) is 0.750. The van der Waals surface area contributed by atoms with Gasteiger partial charge in [-0.1, -0.05) is 0 Å². The van der Waals surface area contributed by atoms with Crippen molar-refractivity contribution in [3.8, 4) is 0 Å². The second-order valence-corrected chi connectivity index (χ2v) is 3.40. The average Bonchev–Trinajstić information content (AvgIpc) is 2.18. The van der Waals surface area contributed by atoms with Gasteiger partial charge >= 0.3 is 6.03 Å². The molecule has 0 bridgehead atoms. The van der Waals surface area contributed by atoms with Crippen LogP contribution in [-0.2, 0) is 4.79 Å². The van der Waals surface area contributed by atoms with Crippen molar-refractivity contribution in [1.29, 1.82) is 0 Å². The van der Waals surface area contributed by atoms with E-state index >= 15 is 0 Å². The van der Waals surface area contributed by atoms with Crippen molar-refractivity contribution < 1.29 is 9.59 Å². The molecule has 1 rings (SSSR count). The van der Waals surface area contributed by atoms with Gasteiger partial charge in [0.2, 0.25) is 5.91 Å². The molecule has 0 radical (unpaired) electrons. The molecule has 1 saturated heterocycles. The number of carbonyl (C=O) groups is 2. The van der Waals surface area contributed by atoms with E-state index in [0.29, 0.717) is 13.1 Å². The van der Waals surface area contributed by atoms with E-state index in [4.69, 9.17) is 11.5 Å². The van der Waals surface area contributed by atoms with Gasteiger partial charge in [-0.2, -0.15) is 0 Å². The van der Waals surface area contributed by atoms with E-state index in [9.17, 15) is 9.59 Å². The van der Waals surface area contributed by atoms with E-state index in [0.717, 1.165) is 12.8 Å². The summed E-state index contributed by atoms with van der Waals surface area (Å²) in [5.74, 6) is -0.193. The lowest BCUT2D eigenvalue weighted by Crippen LogP contribution is -2.52. The maximum atomic E-state index is 11.0. The average molecular weight is 200 g/mol. The van der Waals surface area contributed by atoms with E-state index in [1.165, 1.54) is 4.90 Å². The molecule has 0 saturated carbocycles. The van der Waals surface area contributed by atoms with Crippen LogP contribution >= 0.6 is 0 Å². The van der Waals surface area contributed by atoms with E-state index < -0.39 is 6.03 Å². The van der Waals surface area contributed by atoms with Gasteiger partial charge in [0.05, 0.1) is 6.54 Å². The summed E-state index contributed by atoms with van der Waals surface area (Å²) in [7, 11) is 0. The highest BCUT2D eigenvalue weighted by atomic mass is 16.2. The van der Waals surface area contributed by atoms with Gasteiger partial charge < -0.3 is 21.7 Å². The minimum Gasteiger partial charge on any atom is -0.351 e. The number of urea groups is 1. The van der Waals surface area contributed by atoms with Crippen LogP contribution in [0.4, 0.5) is 4.79 Å². The third-order valence-electron chi connectivity index (χ3n) is 2.28. The maximum absolute atomic E-state index is 11.0. The fourth-order valence-electron chi connectivity index (χ4n) is 1.58. The lowest BCUT2D eigenvalue weighted by molar-refractivity contribution is -0.120. The molecule has 6 nitrogen and oxygen atoms in total. The normalized spacial score (nSPS) is 21.8. The van der Waals surface area contributed by atoms with Gasteiger partial charge in [-0.05, 0) is 12.8 Å². The predicted molar refractivity (Wildman–Crippen MR) is 51.4 cm³/mol. The Balaban J connectivity index is 2.40. The molecule has 0 aromatic heterocycles. The first-order valence-electron chi connectivity index (χ1n) is 4.67. The summed E-state index contributed by atoms with van der Waals surface area (Å²) < 4.78 is 0. The van der Waals surface area contributed by atoms with Gasteiger partial charge in [0, 0.05) is 19.1 Å². The van der Waals surface area contributed by atoms with Gasteiger partial charge in [-0.15, -0.1) is 0 Å². The van der Waals surface area contributed by atoms with Crippen LogP contribution in [0.15, 0.2) is 0 Å². The predicted octanol–water partition coefficient (Wildman–Crippen LogP) is -1.40. The molecule has 1 fully saturated rings. The number of amides is 3. The molecule has 14 heavy (non-hydrogen) atoms. The SMILES string of the molecule is NCC(=O)NC1CCCN(C(N)=O)C1. The smallest absolute Gasteiger partial charge is 0.314 e. The third kappa shape index (κ3) is 2.88. The molecule has 5 N–H and O–H groups in total. The van der Waals surface area contributed by atoms with Crippen molar-refractivity contribution in [2.75, 3.05) is 19.6 Å². The molecule has 6 heteroatoms. The quantitative estimate of drug-likeness (QED) is 0.511. The molecule has 1 heterocycles. The Labute approximate surface area is 82.6 Å². The number of rotatable bonds is 2. The Morgan fingerprint density at radius 2 is 2.21 bits per heavy atom. The van der Waals surface area contributed by atoms with Gasteiger partial charge in [-0.3, -0.25) is 4.79 Å². The zero-order chi connectivity index (χ0) is 10.6. The van der Waals surface area contributed by atoms with E-state index in [1.54, 1.807) is 0 Å². The first-order chi connectivity index (χ1) is 6.63. The zero-order valence-electron chi connectivity index (χ0n) is 8.03. The van der Waals surface area contributed by atoms with Crippen molar-refractivity contribution in [2.24, 2.45) is 11.5 Å². The lowest BCUT2D eigenvalue weighted by Gasteiger charge is -2.31. The van der Waals surface area contributed by atoms with Crippen LogP contribution in [0.1, 0.15) is 12.8 Å². The number of nitrogens with zero attached hydrogens (tertiary/aromatic N) is 1. The lowest BCUT2D eigenvalue weighted by atomic mass is 10.1. The topological polar surface area (TPSA) is 101 Å². The van der Waals surface area contributed by atoms with Crippen LogP contribution in [-0.4, -0.2) is 42.5 Å². The molecule has 3 amide bonds. The number of carbonyl (C=O) groups excluding carboxylic acids is 2. The number of likely N-dealkylation sites (tertiary alicyclic amines) is 1. The first-order valence-corrected chi connectivity index (χ1v) is 4.67. The van der Waals surface area contributed by atoms with Gasteiger partial charge in [0.25, 0.3) is 0 Å². The molecular weight excluding hydrogens is 184 g/mol. The standard InChI is InChI=1S/C8H16N4O2/c9-4-7(13)11-6-2-1-3-12(5-6)8(10)14/h6H,1-5,9H2,(H2,10,14)(H,11,13). The van der Waals surface area contributed by atoms with Gasteiger partial charge in [-0.25, -0.2) is 4.79 Å². The summed E-state index contributed by atoms with van der Waals surface area (Å²) in [5, 5.41) is 2.74.